The van der Waals surface area contributed by atoms with Gasteiger partial charge in [-0.1, -0.05) is 12.1 Å². The van der Waals surface area contributed by atoms with Crippen molar-refractivity contribution < 1.29 is 14.3 Å². The minimum Gasteiger partial charge on any atom is -0.486 e. The number of aromatic nitrogens is 1. The quantitative estimate of drug-likeness (QED) is 0.804. The molecule has 1 amide bonds. The van der Waals surface area contributed by atoms with Gasteiger partial charge in [0.25, 0.3) is 5.91 Å². The maximum Gasteiger partial charge on any atom is 0.251 e. The van der Waals surface area contributed by atoms with Gasteiger partial charge in [0.05, 0.1) is 16.8 Å². The van der Waals surface area contributed by atoms with Crippen molar-refractivity contribution >= 4 is 27.5 Å². The summed E-state index contributed by atoms with van der Waals surface area (Å²) in [6, 6.07) is 13.2. The van der Waals surface area contributed by atoms with Gasteiger partial charge >= 0.3 is 0 Å². The third kappa shape index (κ3) is 2.85. The molecular formula is C17H14N2O3S. The van der Waals surface area contributed by atoms with Crippen LogP contribution in [-0.2, 0) is 6.54 Å². The van der Waals surface area contributed by atoms with E-state index in [1.807, 2.05) is 24.3 Å². The lowest BCUT2D eigenvalue weighted by molar-refractivity contribution is 0.0949. The van der Waals surface area contributed by atoms with Crippen LogP contribution in [0.15, 0.2) is 42.5 Å². The van der Waals surface area contributed by atoms with E-state index in [1.54, 1.807) is 29.5 Å². The molecule has 1 N–H and O–H groups in total. The molecule has 0 saturated heterocycles. The van der Waals surface area contributed by atoms with E-state index in [-0.39, 0.29) is 5.91 Å². The molecule has 0 spiro atoms. The number of nitrogens with one attached hydrogen (secondary N) is 1. The van der Waals surface area contributed by atoms with E-state index in [4.69, 9.17) is 9.47 Å². The maximum absolute atomic E-state index is 12.3. The van der Waals surface area contributed by atoms with Gasteiger partial charge in [0, 0.05) is 5.56 Å². The first kappa shape index (κ1) is 14.0. The number of thiazole rings is 1. The van der Waals surface area contributed by atoms with Crippen LogP contribution in [0.25, 0.3) is 10.2 Å². The summed E-state index contributed by atoms with van der Waals surface area (Å²) in [4.78, 5) is 16.8. The van der Waals surface area contributed by atoms with Crippen LogP contribution in [0.1, 0.15) is 15.4 Å². The largest absolute Gasteiger partial charge is 0.486 e. The zero-order chi connectivity index (χ0) is 15.6. The zero-order valence-electron chi connectivity index (χ0n) is 12.2. The van der Waals surface area contributed by atoms with Crippen molar-refractivity contribution in [1.82, 2.24) is 10.3 Å². The molecule has 0 saturated carbocycles. The van der Waals surface area contributed by atoms with Crippen LogP contribution in [0, 0.1) is 0 Å². The average Bonchev–Trinajstić information content (AvgIpc) is 3.02. The highest BCUT2D eigenvalue weighted by Gasteiger charge is 2.15. The highest BCUT2D eigenvalue weighted by molar-refractivity contribution is 7.18. The standard InChI is InChI=1S/C17H14N2O3S/c20-17(11-5-6-13-14(9-11)22-8-7-21-13)18-10-16-19-12-3-1-2-4-15(12)23-16/h1-6,9H,7-8,10H2,(H,18,20). The number of benzene rings is 2. The average molecular weight is 326 g/mol. The number of hydrogen-bond donors (Lipinski definition) is 1. The van der Waals surface area contributed by atoms with Gasteiger partial charge in [0.2, 0.25) is 0 Å². The zero-order valence-corrected chi connectivity index (χ0v) is 13.1. The third-order valence-corrected chi connectivity index (χ3v) is 4.58. The Hall–Kier alpha value is -2.60. The van der Waals surface area contributed by atoms with Gasteiger partial charge in [-0.05, 0) is 30.3 Å². The first-order chi connectivity index (χ1) is 11.3. The number of carbonyl (C=O) groups excluding carboxylic acids is 1. The lowest BCUT2D eigenvalue weighted by Crippen LogP contribution is -2.23. The van der Waals surface area contributed by atoms with Crippen molar-refractivity contribution in [1.29, 1.82) is 0 Å². The summed E-state index contributed by atoms with van der Waals surface area (Å²) in [5.41, 5.74) is 1.51. The summed E-state index contributed by atoms with van der Waals surface area (Å²) >= 11 is 1.59. The summed E-state index contributed by atoms with van der Waals surface area (Å²) in [6.07, 6.45) is 0. The van der Waals surface area contributed by atoms with Gasteiger partial charge in [-0.25, -0.2) is 4.98 Å². The number of amides is 1. The van der Waals surface area contributed by atoms with Crippen LogP contribution in [0.5, 0.6) is 11.5 Å². The second kappa shape index (κ2) is 5.89. The fourth-order valence-electron chi connectivity index (χ4n) is 2.44. The Labute approximate surface area is 136 Å². The first-order valence-corrected chi connectivity index (χ1v) is 8.13. The molecule has 1 aromatic heterocycles. The molecule has 0 atom stereocenters. The van der Waals surface area contributed by atoms with Gasteiger partial charge in [-0.3, -0.25) is 4.79 Å². The van der Waals surface area contributed by atoms with Crippen LogP contribution in [0.3, 0.4) is 0 Å². The molecule has 4 rings (SSSR count). The number of fused-ring (bicyclic) bond motifs is 2. The minimum atomic E-state index is -0.152. The lowest BCUT2D eigenvalue weighted by atomic mass is 10.2. The van der Waals surface area contributed by atoms with Gasteiger partial charge in [0.15, 0.2) is 11.5 Å². The van der Waals surface area contributed by atoms with E-state index in [2.05, 4.69) is 10.3 Å². The fourth-order valence-corrected chi connectivity index (χ4v) is 3.35. The van der Waals surface area contributed by atoms with Gasteiger partial charge < -0.3 is 14.8 Å². The van der Waals surface area contributed by atoms with Crippen LogP contribution >= 0.6 is 11.3 Å². The smallest absolute Gasteiger partial charge is 0.251 e. The first-order valence-electron chi connectivity index (χ1n) is 7.32. The molecular weight excluding hydrogens is 312 g/mol. The Morgan fingerprint density at radius 2 is 1.96 bits per heavy atom. The number of hydrogen-bond acceptors (Lipinski definition) is 5. The number of nitrogens with zero attached hydrogens (tertiary/aromatic N) is 1. The Bertz CT molecular complexity index is 842. The molecule has 116 valence electrons. The molecule has 0 unspecified atom stereocenters. The highest BCUT2D eigenvalue weighted by atomic mass is 32.1. The van der Waals surface area contributed by atoms with Crippen molar-refractivity contribution in [3.8, 4) is 11.5 Å². The molecule has 0 fully saturated rings. The SMILES string of the molecule is O=C(NCc1nc2ccccc2s1)c1ccc2c(c1)OCCO2. The summed E-state index contributed by atoms with van der Waals surface area (Å²) < 4.78 is 12.1. The predicted octanol–water partition coefficient (Wildman–Crippen LogP) is 3.00. The third-order valence-electron chi connectivity index (χ3n) is 3.54. The molecule has 0 bridgehead atoms. The molecule has 5 nitrogen and oxygen atoms in total. The molecule has 6 heteroatoms. The Morgan fingerprint density at radius 3 is 2.83 bits per heavy atom. The molecule has 2 aromatic carbocycles. The van der Waals surface area contributed by atoms with E-state index in [1.165, 1.54) is 0 Å². The minimum absolute atomic E-state index is 0.152. The van der Waals surface area contributed by atoms with Crippen molar-refractivity contribution in [2.45, 2.75) is 6.54 Å². The summed E-state index contributed by atoms with van der Waals surface area (Å²) in [6.45, 7) is 1.45. The molecule has 1 aliphatic heterocycles. The normalized spacial score (nSPS) is 13.0. The van der Waals surface area contributed by atoms with Crippen molar-refractivity contribution in [2.75, 3.05) is 13.2 Å². The molecule has 3 aromatic rings. The summed E-state index contributed by atoms with van der Waals surface area (Å²) in [5, 5.41) is 3.78. The van der Waals surface area contributed by atoms with Crippen LogP contribution in [0.2, 0.25) is 0 Å². The molecule has 0 aliphatic carbocycles. The van der Waals surface area contributed by atoms with E-state index in [0.29, 0.717) is 36.8 Å². The van der Waals surface area contributed by atoms with E-state index < -0.39 is 0 Å². The predicted molar refractivity (Wildman–Crippen MR) is 88.2 cm³/mol. The van der Waals surface area contributed by atoms with Crippen LogP contribution in [-0.4, -0.2) is 24.1 Å². The molecule has 23 heavy (non-hydrogen) atoms. The van der Waals surface area contributed by atoms with Crippen molar-refractivity contribution in [2.24, 2.45) is 0 Å². The molecule has 1 aliphatic rings. The Morgan fingerprint density at radius 1 is 1.13 bits per heavy atom. The Balaban J connectivity index is 1.47. The van der Waals surface area contributed by atoms with E-state index >= 15 is 0 Å². The molecule has 0 radical (unpaired) electrons. The second-order valence-electron chi connectivity index (χ2n) is 5.12. The number of para-hydroxylation sites is 1. The number of ether oxygens (including phenoxy) is 2. The van der Waals surface area contributed by atoms with Crippen molar-refractivity contribution in [3.05, 3.63) is 53.0 Å². The topological polar surface area (TPSA) is 60.5 Å². The fraction of sp³-hybridized carbons (Fsp3) is 0.176. The van der Waals surface area contributed by atoms with Gasteiger partial charge in [-0.2, -0.15) is 0 Å². The van der Waals surface area contributed by atoms with Crippen molar-refractivity contribution in [3.63, 3.8) is 0 Å². The van der Waals surface area contributed by atoms with Gasteiger partial charge in [-0.15, -0.1) is 11.3 Å². The van der Waals surface area contributed by atoms with Crippen LogP contribution < -0.4 is 14.8 Å². The Kier molecular flexibility index (Phi) is 3.59. The van der Waals surface area contributed by atoms with Crippen LogP contribution in [0.4, 0.5) is 0 Å². The number of rotatable bonds is 3. The monoisotopic (exact) mass is 326 g/mol. The highest BCUT2D eigenvalue weighted by Crippen LogP contribution is 2.30. The lowest BCUT2D eigenvalue weighted by Gasteiger charge is -2.18. The number of carbonyl (C=O) groups is 1. The van der Waals surface area contributed by atoms with Gasteiger partial charge in [0.1, 0.15) is 18.2 Å². The summed E-state index contributed by atoms with van der Waals surface area (Å²) in [5.74, 6) is 1.14. The van der Waals surface area contributed by atoms with E-state index in [0.717, 1.165) is 15.2 Å². The second-order valence-corrected chi connectivity index (χ2v) is 6.23. The summed E-state index contributed by atoms with van der Waals surface area (Å²) in [7, 11) is 0. The maximum atomic E-state index is 12.3. The van der Waals surface area contributed by atoms with E-state index in [9.17, 15) is 4.79 Å². The molecule has 2 heterocycles.